The molecule has 96 valence electrons. The average Bonchev–Trinajstić information content (AvgIpc) is 2.84. The number of hydrogen-bond acceptors (Lipinski definition) is 3. The molecule has 3 N–H and O–H groups in total. The molecule has 3 nitrogen and oxygen atoms in total. The van der Waals surface area contributed by atoms with E-state index >= 15 is 0 Å². The van der Waals surface area contributed by atoms with E-state index in [9.17, 15) is 4.79 Å². The van der Waals surface area contributed by atoms with E-state index in [0.717, 1.165) is 11.1 Å². The predicted octanol–water partition coefficient (Wildman–Crippen LogP) is 2.62. The second-order valence-electron chi connectivity index (χ2n) is 3.97. The molecule has 1 aromatic heterocycles. The van der Waals surface area contributed by atoms with Gasteiger partial charge in [-0.3, -0.25) is 4.79 Å². The number of amides is 1. The van der Waals surface area contributed by atoms with Gasteiger partial charge in [0, 0.05) is 10.9 Å². The Morgan fingerprint density at radius 2 is 2.16 bits per heavy atom. The zero-order chi connectivity index (χ0) is 13.7. The normalized spacial score (nSPS) is 9.58. The Morgan fingerprint density at radius 3 is 2.84 bits per heavy atom. The minimum Gasteiger partial charge on any atom is -0.321 e. The van der Waals surface area contributed by atoms with Crippen LogP contribution in [0.3, 0.4) is 0 Å². The maximum Gasteiger partial charge on any atom is 0.256 e. The van der Waals surface area contributed by atoms with Gasteiger partial charge in [0.15, 0.2) is 0 Å². The monoisotopic (exact) mass is 270 g/mol. The van der Waals surface area contributed by atoms with Crippen molar-refractivity contribution in [1.29, 1.82) is 0 Å². The first-order valence-corrected chi connectivity index (χ1v) is 6.78. The number of nitrogens with one attached hydrogen (secondary N) is 1. The molecule has 0 aliphatic rings. The molecular weight excluding hydrogens is 256 g/mol. The van der Waals surface area contributed by atoms with Crippen molar-refractivity contribution in [2.45, 2.75) is 6.92 Å². The fraction of sp³-hybridized carbons (Fsp3) is 0.133. The van der Waals surface area contributed by atoms with Crippen molar-refractivity contribution in [1.82, 2.24) is 0 Å². The molecule has 0 atom stereocenters. The first-order valence-electron chi connectivity index (χ1n) is 5.84. The van der Waals surface area contributed by atoms with Crippen LogP contribution in [0.5, 0.6) is 0 Å². The highest BCUT2D eigenvalue weighted by Crippen LogP contribution is 2.18. The van der Waals surface area contributed by atoms with Gasteiger partial charge in [-0.2, -0.15) is 11.3 Å². The number of carbonyl (C=O) groups is 1. The van der Waals surface area contributed by atoms with Crippen LogP contribution in [0.2, 0.25) is 0 Å². The molecule has 19 heavy (non-hydrogen) atoms. The maximum absolute atomic E-state index is 12.1. The molecular formula is C15H14N2OS. The second-order valence-corrected chi connectivity index (χ2v) is 4.72. The average molecular weight is 270 g/mol. The van der Waals surface area contributed by atoms with Gasteiger partial charge in [-0.25, -0.2) is 0 Å². The zero-order valence-electron chi connectivity index (χ0n) is 10.6. The molecule has 0 spiro atoms. The van der Waals surface area contributed by atoms with Crippen LogP contribution >= 0.6 is 11.3 Å². The van der Waals surface area contributed by atoms with Crippen LogP contribution < -0.4 is 11.1 Å². The fourth-order valence-corrected chi connectivity index (χ4v) is 2.46. The standard InChI is InChI=1S/C15H14N2OS/c1-11-9-19-10-13(11)15(18)17-14-7-3-2-5-12(14)6-4-8-16/h2-3,5,7,9-10H,8,16H2,1H3,(H,17,18). The number of benzene rings is 1. The molecule has 4 heteroatoms. The van der Waals surface area contributed by atoms with Crippen LogP contribution in [0.15, 0.2) is 35.0 Å². The minimum atomic E-state index is -0.110. The number of nitrogens with two attached hydrogens (primary N) is 1. The Balaban J connectivity index is 2.24. The van der Waals surface area contributed by atoms with Gasteiger partial charge in [-0.1, -0.05) is 24.0 Å². The highest BCUT2D eigenvalue weighted by molar-refractivity contribution is 7.08. The topological polar surface area (TPSA) is 55.1 Å². The first-order chi connectivity index (χ1) is 9.22. The Morgan fingerprint density at radius 1 is 1.37 bits per heavy atom. The Kier molecular flexibility index (Phi) is 4.35. The van der Waals surface area contributed by atoms with E-state index in [1.807, 2.05) is 41.9 Å². The lowest BCUT2D eigenvalue weighted by Gasteiger charge is -2.07. The molecule has 0 saturated carbocycles. The first kappa shape index (κ1) is 13.3. The minimum absolute atomic E-state index is 0.110. The van der Waals surface area contributed by atoms with E-state index in [1.54, 1.807) is 0 Å². The third kappa shape index (κ3) is 3.22. The summed E-state index contributed by atoms with van der Waals surface area (Å²) in [5.74, 6) is 5.63. The van der Waals surface area contributed by atoms with Crippen molar-refractivity contribution in [3.63, 3.8) is 0 Å². The quantitative estimate of drug-likeness (QED) is 0.824. The molecule has 0 fully saturated rings. The summed E-state index contributed by atoms with van der Waals surface area (Å²) in [6.07, 6.45) is 0. The Bertz CT molecular complexity index is 649. The van der Waals surface area contributed by atoms with Crippen LogP contribution in [0.25, 0.3) is 0 Å². The summed E-state index contributed by atoms with van der Waals surface area (Å²) in [7, 11) is 0. The molecule has 1 aromatic carbocycles. The van der Waals surface area contributed by atoms with E-state index in [2.05, 4.69) is 17.2 Å². The largest absolute Gasteiger partial charge is 0.321 e. The smallest absolute Gasteiger partial charge is 0.256 e. The molecule has 0 unspecified atom stereocenters. The number of hydrogen-bond donors (Lipinski definition) is 2. The third-order valence-electron chi connectivity index (χ3n) is 2.60. The molecule has 2 aromatic rings. The number of thiophene rings is 1. The molecule has 0 saturated heterocycles. The van der Waals surface area contributed by atoms with Crippen molar-refractivity contribution < 1.29 is 4.79 Å². The number of anilines is 1. The van der Waals surface area contributed by atoms with Gasteiger partial charge in [0.2, 0.25) is 0 Å². The molecule has 1 heterocycles. The third-order valence-corrected chi connectivity index (χ3v) is 3.46. The Hall–Kier alpha value is -2.09. The van der Waals surface area contributed by atoms with Crippen LogP contribution in [-0.4, -0.2) is 12.5 Å². The summed E-state index contributed by atoms with van der Waals surface area (Å²) in [6.45, 7) is 2.22. The van der Waals surface area contributed by atoms with Crippen molar-refractivity contribution in [2.24, 2.45) is 5.73 Å². The molecule has 2 rings (SSSR count). The summed E-state index contributed by atoms with van der Waals surface area (Å²) in [6, 6.07) is 7.44. The van der Waals surface area contributed by atoms with Gasteiger partial charge in [-0.15, -0.1) is 0 Å². The van der Waals surface area contributed by atoms with E-state index < -0.39 is 0 Å². The lowest BCUT2D eigenvalue weighted by Crippen LogP contribution is -2.13. The van der Waals surface area contributed by atoms with Crippen LogP contribution in [0.4, 0.5) is 5.69 Å². The van der Waals surface area contributed by atoms with Crippen molar-refractivity contribution in [3.8, 4) is 11.8 Å². The summed E-state index contributed by atoms with van der Waals surface area (Å²) < 4.78 is 0. The fourth-order valence-electron chi connectivity index (χ4n) is 1.63. The number of carbonyl (C=O) groups excluding carboxylic acids is 1. The summed E-state index contributed by atoms with van der Waals surface area (Å²) in [5.41, 5.74) is 8.53. The van der Waals surface area contributed by atoms with E-state index in [1.165, 1.54) is 11.3 Å². The number of para-hydroxylation sites is 1. The lowest BCUT2D eigenvalue weighted by molar-refractivity contribution is 0.102. The molecule has 1 amide bonds. The number of aryl methyl sites for hydroxylation is 1. The Labute approximate surface area is 116 Å². The molecule has 0 aliphatic carbocycles. The van der Waals surface area contributed by atoms with Gasteiger partial charge in [0.25, 0.3) is 5.91 Å². The maximum atomic E-state index is 12.1. The van der Waals surface area contributed by atoms with E-state index in [0.29, 0.717) is 17.8 Å². The SMILES string of the molecule is Cc1cscc1C(=O)Nc1ccccc1C#CCN. The second kappa shape index (κ2) is 6.19. The molecule has 0 radical (unpaired) electrons. The highest BCUT2D eigenvalue weighted by Gasteiger charge is 2.11. The van der Waals surface area contributed by atoms with Crippen molar-refractivity contribution >= 4 is 22.9 Å². The van der Waals surface area contributed by atoms with Crippen molar-refractivity contribution in [3.05, 3.63) is 51.7 Å². The van der Waals surface area contributed by atoms with Gasteiger partial charge in [-0.05, 0) is 30.0 Å². The van der Waals surface area contributed by atoms with Gasteiger partial charge in [0.05, 0.1) is 17.8 Å². The highest BCUT2D eigenvalue weighted by atomic mass is 32.1. The number of rotatable bonds is 2. The van der Waals surface area contributed by atoms with Crippen LogP contribution in [0, 0.1) is 18.8 Å². The van der Waals surface area contributed by atoms with Gasteiger partial charge >= 0.3 is 0 Å². The lowest BCUT2D eigenvalue weighted by atomic mass is 10.1. The van der Waals surface area contributed by atoms with Crippen LogP contribution in [-0.2, 0) is 0 Å². The van der Waals surface area contributed by atoms with Crippen LogP contribution in [0.1, 0.15) is 21.5 Å². The van der Waals surface area contributed by atoms with E-state index in [4.69, 9.17) is 5.73 Å². The summed E-state index contributed by atoms with van der Waals surface area (Å²) >= 11 is 1.52. The van der Waals surface area contributed by atoms with Gasteiger partial charge in [0.1, 0.15) is 0 Å². The zero-order valence-corrected chi connectivity index (χ0v) is 11.4. The molecule has 0 bridgehead atoms. The van der Waals surface area contributed by atoms with E-state index in [-0.39, 0.29) is 5.91 Å². The van der Waals surface area contributed by atoms with Gasteiger partial charge < -0.3 is 11.1 Å². The molecule has 0 aliphatic heterocycles. The van der Waals surface area contributed by atoms with Crippen molar-refractivity contribution in [2.75, 3.05) is 11.9 Å². The predicted molar refractivity (Wildman–Crippen MR) is 79.4 cm³/mol. The summed E-state index contributed by atoms with van der Waals surface area (Å²) in [5, 5.41) is 6.69. The summed E-state index contributed by atoms with van der Waals surface area (Å²) in [4.78, 5) is 12.1.